The van der Waals surface area contributed by atoms with Gasteiger partial charge < -0.3 is 9.47 Å². The number of hydrazine groups is 1. The summed E-state index contributed by atoms with van der Waals surface area (Å²) in [5.41, 5.74) is 2.98. The maximum atomic E-state index is 5.95. The van der Waals surface area contributed by atoms with E-state index in [-0.39, 0.29) is 11.6 Å². The highest BCUT2D eigenvalue weighted by Gasteiger charge is 2.41. The molecule has 4 atom stereocenters. The average molecular weight is 284 g/mol. The summed E-state index contributed by atoms with van der Waals surface area (Å²) in [5.74, 6) is 6.58. The standard InChI is InChI=1S/C16H32N2O2/c1-13-6-4-10-16(12-13,19-2)15(18-17)9-3-7-14-8-5-11-20-14/h13-15,18H,3-12,17H2,1-2H3. The van der Waals surface area contributed by atoms with Crippen LogP contribution in [0.1, 0.15) is 64.7 Å². The molecule has 0 aromatic heterocycles. The molecule has 2 rings (SSSR count). The summed E-state index contributed by atoms with van der Waals surface area (Å²) in [6.07, 6.45) is 11.2. The molecule has 0 aromatic rings. The first-order chi connectivity index (χ1) is 9.70. The number of rotatable bonds is 7. The Labute approximate surface area is 123 Å². The quantitative estimate of drug-likeness (QED) is 0.557. The lowest BCUT2D eigenvalue weighted by Gasteiger charge is -2.44. The maximum absolute atomic E-state index is 5.95. The zero-order chi connectivity index (χ0) is 14.4. The van der Waals surface area contributed by atoms with Crippen LogP contribution in [0.3, 0.4) is 0 Å². The Morgan fingerprint density at radius 2 is 2.25 bits per heavy atom. The third-order valence-corrected chi connectivity index (χ3v) is 5.28. The van der Waals surface area contributed by atoms with Crippen molar-refractivity contribution in [1.29, 1.82) is 0 Å². The highest BCUT2D eigenvalue weighted by Crippen LogP contribution is 2.38. The Morgan fingerprint density at radius 1 is 1.40 bits per heavy atom. The van der Waals surface area contributed by atoms with Crippen LogP contribution in [0.2, 0.25) is 0 Å². The molecule has 2 aliphatic rings. The van der Waals surface area contributed by atoms with Crippen molar-refractivity contribution in [1.82, 2.24) is 5.43 Å². The molecule has 4 heteroatoms. The van der Waals surface area contributed by atoms with Crippen LogP contribution in [-0.4, -0.2) is 31.5 Å². The van der Waals surface area contributed by atoms with Crippen LogP contribution >= 0.6 is 0 Å². The molecule has 0 radical (unpaired) electrons. The predicted molar refractivity (Wildman–Crippen MR) is 81.3 cm³/mol. The molecule has 2 fully saturated rings. The molecular formula is C16H32N2O2. The first-order valence-electron chi connectivity index (χ1n) is 8.33. The lowest BCUT2D eigenvalue weighted by atomic mass is 9.73. The van der Waals surface area contributed by atoms with Crippen molar-refractivity contribution < 1.29 is 9.47 Å². The molecule has 3 N–H and O–H groups in total. The zero-order valence-electron chi connectivity index (χ0n) is 13.2. The molecule has 0 spiro atoms. The van der Waals surface area contributed by atoms with Crippen molar-refractivity contribution in [3.63, 3.8) is 0 Å². The van der Waals surface area contributed by atoms with E-state index >= 15 is 0 Å². The van der Waals surface area contributed by atoms with Crippen molar-refractivity contribution in [2.24, 2.45) is 11.8 Å². The first kappa shape index (κ1) is 16.2. The Bertz CT molecular complexity index is 282. The lowest BCUT2D eigenvalue weighted by Crippen LogP contribution is -2.56. The summed E-state index contributed by atoms with van der Waals surface area (Å²) in [7, 11) is 1.85. The minimum atomic E-state index is -0.0665. The fourth-order valence-corrected chi connectivity index (χ4v) is 4.11. The van der Waals surface area contributed by atoms with E-state index < -0.39 is 0 Å². The van der Waals surface area contributed by atoms with Crippen LogP contribution in [0.4, 0.5) is 0 Å². The first-order valence-corrected chi connectivity index (χ1v) is 8.33. The van der Waals surface area contributed by atoms with Crippen molar-refractivity contribution in [3.8, 4) is 0 Å². The molecule has 4 unspecified atom stereocenters. The summed E-state index contributed by atoms with van der Waals surface area (Å²) < 4.78 is 11.7. The number of hydrogen-bond acceptors (Lipinski definition) is 4. The van der Waals surface area contributed by atoms with E-state index in [0.29, 0.717) is 6.10 Å². The predicted octanol–water partition coefficient (Wildman–Crippen LogP) is 2.76. The van der Waals surface area contributed by atoms with Gasteiger partial charge in [0.15, 0.2) is 0 Å². The molecule has 0 bridgehead atoms. The van der Waals surface area contributed by atoms with Gasteiger partial charge in [-0.15, -0.1) is 0 Å². The molecule has 4 nitrogen and oxygen atoms in total. The minimum absolute atomic E-state index is 0.0665. The van der Waals surface area contributed by atoms with Gasteiger partial charge >= 0.3 is 0 Å². The second-order valence-corrected chi connectivity index (χ2v) is 6.76. The van der Waals surface area contributed by atoms with E-state index in [1.54, 1.807) is 0 Å². The van der Waals surface area contributed by atoms with Crippen molar-refractivity contribution >= 4 is 0 Å². The molecule has 20 heavy (non-hydrogen) atoms. The van der Waals surface area contributed by atoms with Crippen LogP contribution in [0.25, 0.3) is 0 Å². The molecule has 0 aromatic carbocycles. The van der Waals surface area contributed by atoms with Gasteiger partial charge in [-0.1, -0.05) is 19.8 Å². The SMILES string of the molecule is COC1(C(CCCC2CCCO2)NN)CCCC(C)C1. The topological polar surface area (TPSA) is 56.5 Å². The Balaban J connectivity index is 1.84. The molecule has 118 valence electrons. The number of ether oxygens (including phenoxy) is 2. The van der Waals surface area contributed by atoms with Crippen LogP contribution < -0.4 is 11.3 Å². The highest BCUT2D eigenvalue weighted by atomic mass is 16.5. The molecule has 1 saturated carbocycles. The fourth-order valence-electron chi connectivity index (χ4n) is 4.11. The van der Waals surface area contributed by atoms with E-state index in [4.69, 9.17) is 15.3 Å². The third kappa shape index (κ3) is 3.94. The monoisotopic (exact) mass is 284 g/mol. The molecule has 1 heterocycles. The van der Waals surface area contributed by atoms with Crippen LogP contribution in [0, 0.1) is 5.92 Å². The number of methoxy groups -OCH3 is 1. The number of hydrogen-bond donors (Lipinski definition) is 2. The summed E-state index contributed by atoms with van der Waals surface area (Å²) in [5, 5.41) is 0. The van der Waals surface area contributed by atoms with Gasteiger partial charge in [0, 0.05) is 13.7 Å². The molecule has 1 saturated heterocycles. The Morgan fingerprint density at radius 3 is 2.85 bits per heavy atom. The van der Waals surface area contributed by atoms with Crippen LogP contribution in [0.5, 0.6) is 0 Å². The van der Waals surface area contributed by atoms with Crippen molar-refractivity contribution in [2.45, 2.75) is 82.5 Å². The zero-order valence-corrected chi connectivity index (χ0v) is 13.2. The van der Waals surface area contributed by atoms with Gasteiger partial charge in [0.05, 0.1) is 17.7 Å². The lowest BCUT2D eigenvalue weighted by molar-refractivity contribution is -0.0818. The van der Waals surface area contributed by atoms with E-state index in [9.17, 15) is 0 Å². The Kier molecular flexibility index (Phi) is 6.27. The van der Waals surface area contributed by atoms with Crippen LogP contribution in [-0.2, 0) is 9.47 Å². The van der Waals surface area contributed by atoms with Gasteiger partial charge in [0.2, 0.25) is 0 Å². The van der Waals surface area contributed by atoms with Gasteiger partial charge in [-0.25, -0.2) is 0 Å². The second kappa shape index (κ2) is 7.74. The second-order valence-electron chi connectivity index (χ2n) is 6.76. The average Bonchev–Trinajstić information content (AvgIpc) is 2.96. The van der Waals surface area contributed by atoms with Gasteiger partial charge in [0.1, 0.15) is 0 Å². The van der Waals surface area contributed by atoms with Gasteiger partial charge in [-0.3, -0.25) is 11.3 Å². The maximum Gasteiger partial charge on any atom is 0.0846 e. The van der Waals surface area contributed by atoms with E-state index in [2.05, 4.69) is 12.3 Å². The summed E-state index contributed by atoms with van der Waals surface area (Å²) >= 11 is 0. The van der Waals surface area contributed by atoms with E-state index in [0.717, 1.165) is 38.2 Å². The van der Waals surface area contributed by atoms with E-state index in [1.165, 1.54) is 32.1 Å². The van der Waals surface area contributed by atoms with Crippen LogP contribution in [0.15, 0.2) is 0 Å². The molecule has 1 aliphatic heterocycles. The molecular weight excluding hydrogens is 252 g/mol. The van der Waals surface area contributed by atoms with Crippen molar-refractivity contribution in [3.05, 3.63) is 0 Å². The summed E-state index contributed by atoms with van der Waals surface area (Å²) in [4.78, 5) is 0. The highest BCUT2D eigenvalue weighted by molar-refractivity contribution is 4.96. The molecule has 1 aliphatic carbocycles. The van der Waals surface area contributed by atoms with Gasteiger partial charge in [-0.05, 0) is 50.9 Å². The smallest absolute Gasteiger partial charge is 0.0846 e. The number of nitrogens with two attached hydrogens (primary N) is 1. The summed E-state index contributed by atoms with van der Waals surface area (Å²) in [6.45, 7) is 3.27. The fraction of sp³-hybridized carbons (Fsp3) is 1.00. The third-order valence-electron chi connectivity index (χ3n) is 5.28. The van der Waals surface area contributed by atoms with Crippen molar-refractivity contribution in [2.75, 3.05) is 13.7 Å². The van der Waals surface area contributed by atoms with Gasteiger partial charge in [-0.2, -0.15) is 0 Å². The Hall–Kier alpha value is -0.160. The molecule has 0 amide bonds. The van der Waals surface area contributed by atoms with Gasteiger partial charge in [0.25, 0.3) is 0 Å². The number of nitrogens with one attached hydrogen (secondary N) is 1. The van der Waals surface area contributed by atoms with E-state index in [1.807, 2.05) is 7.11 Å². The largest absolute Gasteiger partial charge is 0.378 e. The minimum Gasteiger partial charge on any atom is -0.378 e. The normalized spacial score (nSPS) is 36.1. The summed E-state index contributed by atoms with van der Waals surface area (Å²) in [6, 6.07) is 0.261.